The van der Waals surface area contributed by atoms with Gasteiger partial charge < -0.3 is 19.5 Å². The number of thiophene rings is 1. The summed E-state index contributed by atoms with van der Waals surface area (Å²) in [4.78, 5) is 25.6. The molecule has 4 aromatic rings. The summed E-state index contributed by atoms with van der Waals surface area (Å²) in [7, 11) is 1.44. The normalized spacial score (nSPS) is 10.7. The van der Waals surface area contributed by atoms with E-state index >= 15 is 0 Å². The van der Waals surface area contributed by atoms with Crippen LogP contribution in [-0.4, -0.2) is 19.0 Å². The van der Waals surface area contributed by atoms with Crippen LogP contribution in [0.1, 0.15) is 15.2 Å². The topological polar surface area (TPSA) is 97.7 Å². The van der Waals surface area contributed by atoms with Crippen LogP contribution >= 0.6 is 11.3 Å². The second-order valence-corrected chi connectivity index (χ2v) is 8.26. The smallest absolute Gasteiger partial charge is 0.353 e. The third-order valence-electron chi connectivity index (χ3n) is 4.90. The Morgan fingerprint density at radius 1 is 0.917 bits per heavy atom. The van der Waals surface area contributed by atoms with Crippen LogP contribution in [0.4, 0.5) is 5.69 Å². The van der Waals surface area contributed by atoms with E-state index in [1.165, 1.54) is 24.5 Å². The Kier molecular flexibility index (Phi) is 7.76. The molecule has 1 N–H and O–H groups in total. The summed E-state index contributed by atoms with van der Waals surface area (Å²) in [6.45, 7) is 0. The number of carbonyl (C=O) groups is 2. The number of nitrogens with one attached hydrogen (secondary N) is 1. The number of hydrogen-bond donors (Lipinski definition) is 1. The summed E-state index contributed by atoms with van der Waals surface area (Å²) in [5, 5.41) is 14.1. The van der Waals surface area contributed by atoms with E-state index < -0.39 is 11.9 Å². The SMILES string of the molecule is COc1cc(/C=C(/C#N)C(=O)Nc2ccccc2Oc2ccccc2)ccc1OC(=O)c1cccs1. The molecule has 0 radical (unpaired) electrons. The van der Waals surface area contributed by atoms with E-state index in [9.17, 15) is 14.9 Å². The van der Waals surface area contributed by atoms with Crippen molar-refractivity contribution in [3.8, 4) is 29.1 Å². The lowest BCUT2D eigenvalue weighted by Gasteiger charge is -2.12. The number of anilines is 1. The predicted molar refractivity (Wildman–Crippen MR) is 137 cm³/mol. The van der Waals surface area contributed by atoms with Crippen LogP contribution in [0.2, 0.25) is 0 Å². The molecular weight excluding hydrogens is 476 g/mol. The summed E-state index contributed by atoms with van der Waals surface area (Å²) < 4.78 is 16.6. The number of ether oxygens (including phenoxy) is 3. The summed E-state index contributed by atoms with van der Waals surface area (Å²) in [5.41, 5.74) is 0.805. The molecule has 1 amide bonds. The molecule has 0 bridgehead atoms. The lowest BCUT2D eigenvalue weighted by molar-refractivity contribution is -0.112. The molecule has 0 unspecified atom stereocenters. The Hall–Kier alpha value is -4.87. The maximum absolute atomic E-state index is 12.9. The number of nitrogens with zero attached hydrogens (tertiary/aromatic N) is 1. The number of amides is 1. The van der Waals surface area contributed by atoms with E-state index in [-0.39, 0.29) is 17.1 Å². The highest BCUT2D eigenvalue weighted by atomic mass is 32.1. The molecule has 0 atom stereocenters. The van der Waals surface area contributed by atoms with E-state index in [1.54, 1.807) is 72.1 Å². The number of benzene rings is 3. The average molecular weight is 497 g/mol. The molecule has 0 aliphatic carbocycles. The van der Waals surface area contributed by atoms with Crippen LogP contribution in [0, 0.1) is 11.3 Å². The van der Waals surface area contributed by atoms with Crippen LogP contribution < -0.4 is 19.5 Å². The first-order valence-electron chi connectivity index (χ1n) is 10.8. The van der Waals surface area contributed by atoms with E-state index in [1.807, 2.05) is 24.3 Å². The maximum atomic E-state index is 12.9. The first kappa shape index (κ1) is 24.3. The van der Waals surface area contributed by atoms with Gasteiger partial charge >= 0.3 is 5.97 Å². The zero-order valence-electron chi connectivity index (χ0n) is 19.1. The molecule has 0 aliphatic rings. The fourth-order valence-electron chi connectivity index (χ4n) is 3.18. The van der Waals surface area contributed by atoms with E-state index in [0.717, 1.165) is 0 Å². The highest BCUT2D eigenvalue weighted by molar-refractivity contribution is 7.12. The Balaban J connectivity index is 1.52. The van der Waals surface area contributed by atoms with Crippen LogP contribution in [-0.2, 0) is 4.79 Å². The van der Waals surface area contributed by atoms with Gasteiger partial charge in [-0.15, -0.1) is 11.3 Å². The van der Waals surface area contributed by atoms with Gasteiger partial charge in [-0.2, -0.15) is 5.26 Å². The van der Waals surface area contributed by atoms with Gasteiger partial charge in [-0.1, -0.05) is 42.5 Å². The largest absolute Gasteiger partial charge is 0.493 e. The molecule has 3 aromatic carbocycles. The molecule has 0 saturated heterocycles. The summed E-state index contributed by atoms with van der Waals surface area (Å²) >= 11 is 1.27. The molecule has 1 aromatic heterocycles. The standard InChI is InChI=1S/C28H20N2O5S/c1-33-25-17-19(13-14-24(25)35-28(32)26-12-7-15-36-26)16-20(18-29)27(31)30-22-10-5-6-11-23(22)34-21-8-3-2-4-9-21/h2-17H,1H3,(H,30,31)/b20-16-. The first-order chi connectivity index (χ1) is 17.6. The fraction of sp³-hybridized carbons (Fsp3) is 0.0357. The van der Waals surface area contributed by atoms with Crippen molar-refractivity contribution in [2.45, 2.75) is 0 Å². The maximum Gasteiger partial charge on any atom is 0.353 e. The van der Waals surface area contributed by atoms with Gasteiger partial charge in [-0.05, 0) is 59.5 Å². The average Bonchev–Trinajstić information content (AvgIpc) is 3.45. The van der Waals surface area contributed by atoms with Gasteiger partial charge in [-0.25, -0.2) is 4.79 Å². The minimum atomic E-state index is -0.603. The molecule has 4 rings (SSSR count). The monoisotopic (exact) mass is 496 g/mol. The number of para-hydroxylation sites is 3. The zero-order chi connectivity index (χ0) is 25.3. The lowest BCUT2D eigenvalue weighted by atomic mass is 10.1. The van der Waals surface area contributed by atoms with Crippen LogP contribution in [0.15, 0.2) is 95.9 Å². The number of rotatable bonds is 8. The van der Waals surface area contributed by atoms with Gasteiger partial charge in [0.05, 0.1) is 12.8 Å². The minimum absolute atomic E-state index is 0.130. The summed E-state index contributed by atoms with van der Waals surface area (Å²) in [6.07, 6.45) is 1.42. The third kappa shape index (κ3) is 5.97. The van der Waals surface area contributed by atoms with E-state index in [2.05, 4.69) is 5.32 Å². The van der Waals surface area contributed by atoms with Gasteiger partial charge in [0.15, 0.2) is 17.2 Å². The molecular formula is C28H20N2O5S. The number of esters is 1. The van der Waals surface area contributed by atoms with Crippen molar-refractivity contribution in [3.63, 3.8) is 0 Å². The Morgan fingerprint density at radius 3 is 2.42 bits per heavy atom. The van der Waals surface area contributed by atoms with Gasteiger partial charge in [0.2, 0.25) is 0 Å². The van der Waals surface area contributed by atoms with Crippen molar-refractivity contribution in [2.75, 3.05) is 12.4 Å². The zero-order valence-corrected chi connectivity index (χ0v) is 20.0. The first-order valence-corrected chi connectivity index (χ1v) is 11.6. The quantitative estimate of drug-likeness (QED) is 0.133. The predicted octanol–water partition coefficient (Wildman–Crippen LogP) is 6.31. The molecule has 8 heteroatoms. The molecule has 0 spiro atoms. The molecule has 178 valence electrons. The number of methoxy groups -OCH3 is 1. The van der Waals surface area contributed by atoms with Crippen LogP contribution in [0.25, 0.3) is 6.08 Å². The van der Waals surface area contributed by atoms with Crippen molar-refractivity contribution in [2.24, 2.45) is 0 Å². The molecule has 0 aliphatic heterocycles. The highest BCUT2D eigenvalue weighted by Gasteiger charge is 2.16. The third-order valence-corrected chi connectivity index (χ3v) is 5.74. The van der Waals surface area contributed by atoms with Crippen molar-refractivity contribution in [3.05, 3.63) is 106 Å². The Labute approximate surface area is 211 Å². The fourth-order valence-corrected chi connectivity index (χ4v) is 3.78. The molecule has 1 heterocycles. The number of hydrogen-bond acceptors (Lipinski definition) is 7. The van der Waals surface area contributed by atoms with E-state index in [4.69, 9.17) is 14.2 Å². The van der Waals surface area contributed by atoms with Gasteiger partial charge in [0.1, 0.15) is 22.3 Å². The Bertz CT molecular complexity index is 1440. The summed E-state index contributed by atoms with van der Waals surface area (Å²) in [5.74, 6) is 0.458. The summed E-state index contributed by atoms with van der Waals surface area (Å²) in [6, 6.07) is 26.2. The minimum Gasteiger partial charge on any atom is -0.493 e. The number of carbonyl (C=O) groups excluding carboxylic acids is 2. The van der Waals surface area contributed by atoms with Crippen molar-refractivity contribution in [1.29, 1.82) is 5.26 Å². The van der Waals surface area contributed by atoms with Crippen molar-refractivity contribution < 1.29 is 23.8 Å². The van der Waals surface area contributed by atoms with Gasteiger partial charge in [0, 0.05) is 0 Å². The van der Waals surface area contributed by atoms with Crippen molar-refractivity contribution in [1.82, 2.24) is 0 Å². The van der Waals surface area contributed by atoms with E-state index in [0.29, 0.717) is 27.6 Å². The van der Waals surface area contributed by atoms with Crippen LogP contribution in [0.3, 0.4) is 0 Å². The molecule has 0 fully saturated rings. The van der Waals surface area contributed by atoms with Gasteiger partial charge in [-0.3, -0.25) is 4.79 Å². The molecule has 7 nitrogen and oxygen atoms in total. The lowest BCUT2D eigenvalue weighted by Crippen LogP contribution is -2.14. The van der Waals surface area contributed by atoms with Crippen LogP contribution in [0.5, 0.6) is 23.0 Å². The highest BCUT2D eigenvalue weighted by Crippen LogP contribution is 2.31. The molecule has 0 saturated carbocycles. The Morgan fingerprint density at radius 2 is 1.69 bits per heavy atom. The second kappa shape index (κ2) is 11.5. The van der Waals surface area contributed by atoms with Crippen molar-refractivity contribution >= 4 is 35.0 Å². The second-order valence-electron chi connectivity index (χ2n) is 7.31. The number of nitriles is 1. The molecule has 36 heavy (non-hydrogen) atoms. The van der Waals surface area contributed by atoms with Gasteiger partial charge in [0.25, 0.3) is 5.91 Å².